The Hall–Kier alpha value is -1.30. The van der Waals surface area contributed by atoms with Crippen molar-refractivity contribution in [2.45, 2.75) is 64.1 Å². The van der Waals surface area contributed by atoms with Gasteiger partial charge in [0.05, 0.1) is 7.11 Å². The van der Waals surface area contributed by atoms with Crippen molar-refractivity contribution >= 4 is 12.1 Å². The largest absolute Gasteiger partial charge is 0.469 e. The highest BCUT2D eigenvalue weighted by Crippen LogP contribution is 2.24. The summed E-state index contributed by atoms with van der Waals surface area (Å²) in [5.74, 6) is -0.226. The van der Waals surface area contributed by atoms with E-state index in [1.807, 2.05) is 20.8 Å². The molecule has 1 heterocycles. The van der Waals surface area contributed by atoms with Crippen molar-refractivity contribution in [2.75, 3.05) is 13.7 Å². The zero-order chi connectivity index (χ0) is 15.3. The average Bonchev–Trinajstić information content (AvgIpc) is 2.68. The van der Waals surface area contributed by atoms with E-state index in [1.165, 1.54) is 7.11 Å². The second kappa shape index (κ2) is 6.92. The number of carbonyl (C=O) groups is 2. The number of hydrogen-bond donors (Lipinski definition) is 1. The summed E-state index contributed by atoms with van der Waals surface area (Å²) in [7, 11) is 1.38. The van der Waals surface area contributed by atoms with E-state index in [2.05, 4.69) is 4.74 Å². The van der Waals surface area contributed by atoms with E-state index < -0.39 is 5.60 Å². The molecular formula is C14H26N2O4. The number of methoxy groups -OCH3 is 1. The van der Waals surface area contributed by atoms with E-state index in [0.717, 1.165) is 12.8 Å². The molecule has 0 aromatic heterocycles. The van der Waals surface area contributed by atoms with Gasteiger partial charge in [0.1, 0.15) is 5.60 Å². The van der Waals surface area contributed by atoms with Crippen LogP contribution in [0.15, 0.2) is 0 Å². The van der Waals surface area contributed by atoms with Crippen LogP contribution in [0.1, 0.15) is 46.5 Å². The number of nitrogens with two attached hydrogens (primary N) is 1. The summed E-state index contributed by atoms with van der Waals surface area (Å²) in [5, 5.41) is 0. The van der Waals surface area contributed by atoms with Gasteiger partial charge >= 0.3 is 12.1 Å². The third kappa shape index (κ3) is 5.36. The quantitative estimate of drug-likeness (QED) is 0.795. The predicted octanol–water partition coefficient (Wildman–Crippen LogP) is 1.67. The predicted molar refractivity (Wildman–Crippen MR) is 75.2 cm³/mol. The van der Waals surface area contributed by atoms with Gasteiger partial charge in [0.25, 0.3) is 0 Å². The maximum atomic E-state index is 12.1. The van der Waals surface area contributed by atoms with Gasteiger partial charge in [-0.2, -0.15) is 0 Å². The van der Waals surface area contributed by atoms with Crippen molar-refractivity contribution in [3.05, 3.63) is 0 Å². The van der Waals surface area contributed by atoms with Crippen molar-refractivity contribution < 1.29 is 19.1 Å². The van der Waals surface area contributed by atoms with Crippen molar-refractivity contribution in [2.24, 2.45) is 5.73 Å². The molecule has 2 atom stereocenters. The van der Waals surface area contributed by atoms with E-state index >= 15 is 0 Å². The number of ether oxygens (including phenoxy) is 2. The van der Waals surface area contributed by atoms with Crippen LogP contribution in [0.3, 0.4) is 0 Å². The minimum atomic E-state index is -0.514. The lowest BCUT2D eigenvalue weighted by Gasteiger charge is -2.28. The highest BCUT2D eigenvalue weighted by molar-refractivity contribution is 5.69. The maximum Gasteiger partial charge on any atom is 0.410 e. The van der Waals surface area contributed by atoms with Crippen LogP contribution in [-0.2, 0) is 14.3 Å². The first-order valence-corrected chi connectivity index (χ1v) is 7.05. The molecule has 6 heteroatoms. The SMILES string of the molecule is COC(=O)CCC[C@@H]1C[C@H](N)CN1C(=O)OC(C)(C)C. The minimum absolute atomic E-state index is 0.0226. The molecular weight excluding hydrogens is 260 g/mol. The molecule has 2 N–H and O–H groups in total. The lowest BCUT2D eigenvalue weighted by atomic mass is 10.1. The molecule has 1 aliphatic rings. The Kier molecular flexibility index (Phi) is 5.80. The van der Waals surface area contributed by atoms with Gasteiger partial charge in [0.2, 0.25) is 0 Å². The molecule has 0 unspecified atom stereocenters. The minimum Gasteiger partial charge on any atom is -0.469 e. The van der Waals surface area contributed by atoms with Gasteiger partial charge in [-0.3, -0.25) is 4.79 Å². The zero-order valence-corrected chi connectivity index (χ0v) is 12.8. The first-order chi connectivity index (χ1) is 9.23. The molecule has 0 bridgehead atoms. The van der Waals surface area contributed by atoms with E-state index in [0.29, 0.717) is 19.4 Å². The topological polar surface area (TPSA) is 81.9 Å². The number of nitrogens with zero attached hydrogens (tertiary/aromatic N) is 1. The van der Waals surface area contributed by atoms with Crippen molar-refractivity contribution in [1.29, 1.82) is 0 Å². The van der Waals surface area contributed by atoms with Crippen LogP contribution < -0.4 is 5.73 Å². The van der Waals surface area contributed by atoms with Crippen LogP contribution in [0.25, 0.3) is 0 Å². The van der Waals surface area contributed by atoms with Crippen LogP contribution in [0.4, 0.5) is 4.79 Å². The molecule has 0 spiro atoms. The molecule has 1 aliphatic heterocycles. The Labute approximate surface area is 120 Å². The van der Waals surface area contributed by atoms with Crippen LogP contribution in [0.2, 0.25) is 0 Å². The zero-order valence-electron chi connectivity index (χ0n) is 12.8. The molecule has 116 valence electrons. The van der Waals surface area contributed by atoms with Crippen molar-refractivity contribution in [3.8, 4) is 0 Å². The summed E-state index contributed by atoms with van der Waals surface area (Å²) in [4.78, 5) is 24.9. The molecule has 0 radical (unpaired) electrons. The molecule has 20 heavy (non-hydrogen) atoms. The third-order valence-electron chi connectivity index (χ3n) is 3.22. The molecule has 1 amide bonds. The number of likely N-dealkylation sites (tertiary alicyclic amines) is 1. The molecule has 1 rings (SSSR count). The number of esters is 1. The molecule has 0 saturated carbocycles. The second-order valence-electron chi connectivity index (χ2n) is 6.25. The first kappa shape index (κ1) is 16.8. The summed E-state index contributed by atoms with van der Waals surface area (Å²) in [6.45, 7) is 6.03. The number of rotatable bonds is 4. The molecule has 0 aliphatic carbocycles. The Bertz CT molecular complexity index is 352. The Morgan fingerprint density at radius 1 is 1.35 bits per heavy atom. The lowest BCUT2D eigenvalue weighted by Crippen LogP contribution is -2.40. The van der Waals surface area contributed by atoms with Gasteiger partial charge in [0.15, 0.2) is 0 Å². The fourth-order valence-corrected chi connectivity index (χ4v) is 2.35. The highest BCUT2D eigenvalue weighted by atomic mass is 16.6. The van der Waals surface area contributed by atoms with E-state index in [9.17, 15) is 9.59 Å². The highest BCUT2D eigenvalue weighted by Gasteiger charge is 2.35. The Morgan fingerprint density at radius 2 is 2.00 bits per heavy atom. The van der Waals surface area contributed by atoms with Gasteiger partial charge < -0.3 is 20.1 Å². The second-order valence-corrected chi connectivity index (χ2v) is 6.25. The first-order valence-electron chi connectivity index (χ1n) is 7.05. The Balaban J connectivity index is 2.51. The molecule has 0 aromatic rings. The van der Waals surface area contributed by atoms with Gasteiger partial charge in [-0.1, -0.05) is 0 Å². The van der Waals surface area contributed by atoms with E-state index in [4.69, 9.17) is 10.5 Å². The fraction of sp³-hybridized carbons (Fsp3) is 0.857. The van der Waals surface area contributed by atoms with E-state index in [1.54, 1.807) is 4.90 Å². The van der Waals surface area contributed by atoms with Crippen LogP contribution >= 0.6 is 0 Å². The summed E-state index contributed by atoms with van der Waals surface area (Å²) < 4.78 is 10.00. The molecule has 0 aromatic carbocycles. The lowest BCUT2D eigenvalue weighted by molar-refractivity contribution is -0.140. The molecule has 1 fully saturated rings. The monoisotopic (exact) mass is 286 g/mol. The van der Waals surface area contributed by atoms with Crippen LogP contribution in [-0.4, -0.2) is 48.3 Å². The summed E-state index contributed by atoms with van der Waals surface area (Å²) in [6.07, 6.45) is 2.21. The van der Waals surface area contributed by atoms with Gasteiger partial charge in [-0.25, -0.2) is 4.79 Å². The average molecular weight is 286 g/mol. The third-order valence-corrected chi connectivity index (χ3v) is 3.22. The maximum absolute atomic E-state index is 12.1. The summed E-state index contributed by atoms with van der Waals surface area (Å²) in [5.41, 5.74) is 5.42. The van der Waals surface area contributed by atoms with Crippen molar-refractivity contribution in [1.82, 2.24) is 4.90 Å². The summed E-state index contributed by atoms with van der Waals surface area (Å²) in [6, 6.07) is 0.0233. The number of hydrogen-bond acceptors (Lipinski definition) is 5. The van der Waals surface area contributed by atoms with Crippen molar-refractivity contribution in [3.63, 3.8) is 0 Å². The molecule has 1 saturated heterocycles. The Morgan fingerprint density at radius 3 is 2.55 bits per heavy atom. The number of amides is 1. The summed E-state index contributed by atoms with van der Waals surface area (Å²) >= 11 is 0. The smallest absolute Gasteiger partial charge is 0.410 e. The van der Waals surface area contributed by atoms with Crippen LogP contribution in [0.5, 0.6) is 0 Å². The van der Waals surface area contributed by atoms with Gasteiger partial charge in [-0.15, -0.1) is 0 Å². The van der Waals surface area contributed by atoms with Crippen LogP contribution in [0, 0.1) is 0 Å². The van der Waals surface area contributed by atoms with Gasteiger partial charge in [-0.05, 0) is 40.0 Å². The standard InChI is InChI=1S/C14H26N2O4/c1-14(2,3)20-13(18)16-9-10(15)8-11(16)6-5-7-12(17)19-4/h10-11H,5-9,15H2,1-4H3/t10-,11+/m0/s1. The normalized spacial score (nSPS) is 22.8. The number of carbonyl (C=O) groups excluding carboxylic acids is 2. The van der Waals surface area contributed by atoms with E-state index in [-0.39, 0.29) is 24.1 Å². The van der Waals surface area contributed by atoms with Gasteiger partial charge in [0, 0.05) is 25.0 Å². The molecule has 6 nitrogen and oxygen atoms in total. The fourth-order valence-electron chi connectivity index (χ4n) is 2.35.